The molecule has 0 heterocycles. The molecule has 0 aliphatic rings. The van der Waals surface area contributed by atoms with Crippen LogP contribution in [-0.2, 0) is 4.79 Å². The van der Waals surface area contributed by atoms with Gasteiger partial charge in [-0.3, -0.25) is 14.9 Å². The maximum absolute atomic E-state index is 12.4. The Balaban J connectivity index is 1.60. The molecule has 3 aromatic rings. The van der Waals surface area contributed by atoms with Crippen molar-refractivity contribution in [3.8, 4) is 0 Å². The number of aryl methyl sites for hydroxylation is 1. The van der Waals surface area contributed by atoms with Crippen LogP contribution in [0, 0.1) is 6.92 Å². The summed E-state index contributed by atoms with van der Waals surface area (Å²) in [5.41, 5.74) is 3.71. The Bertz CT molecular complexity index is 1080. The lowest BCUT2D eigenvalue weighted by atomic mass is 10.1. The van der Waals surface area contributed by atoms with E-state index in [1.165, 1.54) is 6.08 Å². The Morgan fingerprint density at radius 2 is 1.53 bits per heavy atom. The average Bonchev–Trinajstić information content (AvgIpc) is 2.76. The summed E-state index contributed by atoms with van der Waals surface area (Å²) in [6, 6.07) is 24.0. The molecule has 0 aliphatic carbocycles. The molecule has 6 heteroatoms. The summed E-state index contributed by atoms with van der Waals surface area (Å²) in [5.74, 6) is -0.529. The van der Waals surface area contributed by atoms with Crippen LogP contribution in [0.5, 0.6) is 0 Å². The van der Waals surface area contributed by atoms with E-state index >= 15 is 0 Å². The summed E-state index contributed by atoms with van der Waals surface area (Å²) in [4.78, 5) is 24.5. The van der Waals surface area contributed by atoms with E-state index in [0.29, 0.717) is 16.9 Å². The van der Waals surface area contributed by atoms with E-state index in [-0.39, 0.29) is 16.9 Å². The number of amides is 2. The van der Waals surface area contributed by atoms with Crippen molar-refractivity contribution in [2.24, 2.45) is 0 Å². The lowest BCUT2D eigenvalue weighted by molar-refractivity contribution is -0.115. The highest BCUT2D eigenvalue weighted by atomic mass is 32.1. The van der Waals surface area contributed by atoms with Gasteiger partial charge in [-0.1, -0.05) is 54.6 Å². The maximum Gasteiger partial charge on any atom is 0.255 e. The number of benzene rings is 3. The van der Waals surface area contributed by atoms with Crippen LogP contribution in [0.15, 0.2) is 84.9 Å². The molecule has 0 radical (unpaired) electrons. The first-order valence-corrected chi connectivity index (χ1v) is 9.74. The Morgan fingerprint density at radius 3 is 2.23 bits per heavy atom. The van der Waals surface area contributed by atoms with Crippen molar-refractivity contribution in [1.82, 2.24) is 5.32 Å². The van der Waals surface area contributed by atoms with E-state index in [9.17, 15) is 9.59 Å². The molecular weight excluding hydrogens is 394 g/mol. The summed E-state index contributed by atoms with van der Waals surface area (Å²) in [6.45, 7) is 1.90. The number of thiocarbonyl (C=S) groups is 1. The molecule has 0 unspecified atom stereocenters. The lowest BCUT2D eigenvalue weighted by Gasteiger charge is -2.13. The minimum Gasteiger partial charge on any atom is -0.332 e. The second-order valence-corrected chi connectivity index (χ2v) is 6.95. The van der Waals surface area contributed by atoms with Crippen molar-refractivity contribution in [1.29, 1.82) is 0 Å². The van der Waals surface area contributed by atoms with Gasteiger partial charge in [0.1, 0.15) is 0 Å². The zero-order valence-electron chi connectivity index (χ0n) is 16.4. The van der Waals surface area contributed by atoms with Gasteiger partial charge in [0, 0.05) is 23.0 Å². The van der Waals surface area contributed by atoms with Crippen LogP contribution in [0.3, 0.4) is 0 Å². The molecule has 0 aliphatic heterocycles. The third-order valence-corrected chi connectivity index (χ3v) is 4.45. The lowest BCUT2D eigenvalue weighted by Crippen LogP contribution is -2.32. The van der Waals surface area contributed by atoms with Gasteiger partial charge in [0.15, 0.2) is 5.11 Å². The van der Waals surface area contributed by atoms with Crippen LogP contribution < -0.4 is 16.0 Å². The smallest absolute Gasteiger partial charge is 0.255 e. The van der Waals surface area contributed by atoms with Gasteiger partial charge in [-0.25, -0.2) is 0 Å². The standard InChI is InChI=1S/C24H21N3O2S/c1-17-12-14-20(16-21(17)26-23(29)19-10-6-3-7-11-19)25-24(30)27-22(28)15-13-18-8-4-2-5-9-18/h2-16H,1H3,(H,26,29)(H2,25,27,28,30)/b15-13+. The zero-order valence-corrected chi connectivity index (χ0v) is 17.2. The fourth-order valence-electron chi connectivity index (χ4n) is 2.67. The van der Waals surface area contributed by atoms with Crippen molar-refractivity contribution in [3.05, 3.63) is 102 Å². The van der Waals surface area contributed by atoms with Crippen molar-refractivity contribution in [3.63, 3.8) is 0 Å². The summed E-state index contributed by atoms with van der Waals surface area (Å²) >= 11 is 5.22. The van der Waals surface area contributed by atoms with Crippen LogP contribution in [0.25, 0.3) is 6.08 Å². The zero-order chi connectivity index (χ0) is 21.3. The second kappa shape index (κ2) is 10.1. The first-order chi connectivity index (χ1) is 14.5. The molecule has 0 fully saturated rings. The fourth-order valence-corrected chi connectivity index (χ4v) is 2.89. The minimum absolute atomic E-state index is 0.168. The molecule has 3 N–H and O–H groups in total. The highest BCUT2D eigenvalue weighted by molar-refractivity contribution is 7.80. The monoisotopic (exact) mass is 415 g/mol. The Morgan fingerprint density at radius 1 is 0.867 bits per heavy atom. The molecule has 0 saturated carbocycles. The SMILES string of the molecule is Cc1ccc(NC(=S)NC(=O)/C=C/c2ccccc2)cc1NC(=O)c1ccccc1. The number of carbonyl (C=O) groups is 2. The Labute approximate surface area is 180 Å². The van der Waals surface area contributed by atoms with Gasteiger partial charge in [-0.15, -0.1) is 0 Å². The second-order valence-electron chi connectivity index (χ2n) is 6.54. The molecule has 30 heavy (non-hydrogen) atoms. The first-order valence-electron chi connectivity index (χ1n) is 9.33. The van der Waals surface area contributed by atoms with E-state index < -0.39 is 0 Å². The number of anilines is 2. The molecule has 3 rings (SSSR count). The summed E-state index contributed by atoms with van der Waals surface area (Å²) in [7, 11) is 0. The van der Waals surface area contributed by atoms with E-state index in [1.54, 1.807) is 24.3 Å². The first kappa shape index (κ1) is 21.0. The van der Waals surface area contributed by atoms with E-state index in [0.717, 1.165) is 11.1 Å². The van der Waals surface area contributed by atoms with Gasteiger partial charge in [0.05, 0.1) is 0 Å². The molecule has 0 saturated heterocycles. The number of carbonyl (C=O) groups excluding carboxylic acids is 2. The van der Waals surface area contributed by atoms with Gasteiger partial charge in [-0.05, 0) is 60.6 Å². The third-order valence-electron chi connectivity index (χ3n) is 4.24. The molecule has 0 aromatic heterocycles. The van der Waals surface area contributed by atoms with Gasteiger partial charge >= 0.3 is 0 Å². The topological polar surface area (TPSA) is 70.2 Å². The predicted octanol–water partition coefficient (Wildman–Crippen LogP) is 4.77. The van der Waals surface area contributed by atoms with Crippen molar-refractivity contribution in [2.45, 2.75) is 6.92 Å². The number of nitrogens with one attached hydrogen (secondary N) is 3. The number of hydrogen-bond acceptors (Lipinski definition) is 3. The molecule has 150 valence electrons. The summed E-state index contributed by atoms with van der Waals surface area (Å²) in [5, 5.41) is 8.64. The Kier molecular flexibility index (Phi) is 7.08. The normalized spacial score (nSPS) is 10.4. The van der Waals surface area contributed by atoms with Crippen LogP contribution in [0.1, 0.15) is 21.5 Å². The molecular formula is C24H21N3O2S. The molecule has 2 amide bonds. The molecule has 3 aromatic carbocycles. The van der Waals surface area contributed by atoms with Gasteiger partial charge in [0.25, 0.3) is 5.91 Å². The van der Waals surface area contributed by atoms with Crippen LogP contribution in [0.4, 0.5) is 11.4 Å². The molecule has 0 bridgehead atoms. The van der Waals surface area contributed by atoms with Crippen LogP contribution in [-0.4, -0.2) is 16.9 Å². The molecule has 0 spiro atoms. The fraction of sp³-hybridized carbons (Fsp3) is 0.0417. The van der Waals surface area contributed by atoms with Crippen LogP contribution >= 0.6 is 12.2 Å². The quantitative estimate of drug-likeness (QED) is 0.415. The average molecular weight is 416 g/mol. The van der Waals surface area contributed by atoms with Crippen molar-refractivity contribution >= 4 is 46.6 Å². The summed E-state index contributed by atoms with van der Waals surface area (Å²) < 4.78 is 0. The van der Waals surface area contributed by atoms with Gasteiger partial charge < -0.3 is 10.6 Å². The molecule has 5 nitrogen and oxygen atoms in total. The van der Waals surface area contributed by atoms with E-state index in [4.69, 9.17) is 12.2 Å². The van der Waals surface area contributed by atoms with Crippen molar-refractivity contribution < 1.29 is 9.59 Å². The van der Waals surface area contributed by atoms with Crippen LogP contribution in [0.2, 0.25) is 0 Å². The highest BCUT2D eigenvalue weighted by Crippen LogP contribution is 2.21. The highest BCUT2D eigenvalue weighted by Gasteiger charge is 2.09. The summed E-state index contributed by atoms with van der Waals surface area (Å²) in [6.07, 6.45) is 3.13. The van der Waals surface area contributed by atoms with Gasteiger partial charge in [-0.2, -0.15) is 0 Å². The molecule has 0 atom stereocenters. The number of rotatable bonds is 5. The number of hydrogen-bond donors (Lipinski definition) is 3. The van der Waals surface area contributed by atoms with E-state index in [2.05, 4.69) is 16.0 Å². The van der Waals surface area contributed by atoms with Crippen molar-refractivity contribution in [2.75, 3.05) is 10.6 Å². The predicted molar refractivity (Wildman–Crippen MR) is 125 cm³/mol. The largest absolute Gasteiger partial charge is 0.332 e. The van der Waals surface area contributed by atoms with Gasteiger partial charge in [0.2, 0.25) is 5.91 Å². The Hall–Kier alpha value is -3.77. The van der Waals surface area contributed by atoms with E-state index in [1.807, 2.05) is 67.6 Å². The minimum atomic E-state index is -0.332. The third kappa shape index (κ3) is 6.12. The maximum atomic E-state index is 12.4.